The van der Waals surface area contributed by atoms with Crippen molar-refractivity contribution in [2.24, 2.45) is 10.7 Å². The van der Waals surface area contributed by atoms with Crippen molar-refractivity contribution in [1.82, 2.24) is 4.98 Å². The first kappa shape index (κ1) is 10.2. The van der Waals surface area contributed by atoms with Gasteiger partial charge in [0.15, 0.2) is 0 Å². The smallest absolute Gasteiger partial charge is 0.140 e. The molecular formula is C13H13N3O. The number of rotatable bonds is 0. The van der Waals surface area contributed by atoms with Gasteiger partial charge in [0.05, 0.1) is 22.4 Å². The number of hydrogen-bond acceptors (Lipinski definition) is 4. The first-order valence-electron chi connectivity index (χ1n) is 5.50. The molecule has 2 N–H and O–H groups in total. The molecule has 0 saturated carbocycles. The van der Waals surface area contributed by atoms with Crippen LogP contribution in [0.4, 0.5) is 0 Å². The molecule has 2 heterocycles. The van der Waals surface area contributed by atoms with Crippen molar-refractivity contribution >= 4 is 17.2 Å². The Morgan fingerprint density at radius 2 is 2.18 bits per heavy atom. The molecule has 1 aliphatic rings. The molecule has 0 aliphatic carbocycles. The maximum Gasteiger partial charge on any atom is 0.140 e. The fourth-order valence-electron chi connectivity index (χ4n) is 1.94. The lowest BCUT2D eigenvalue weighted by Gasteiger charge is -2.16. The second-order valence-corrected chi connectivity index (χ2v) is 4.48. The van der Waals surface area contributed by atoms with Crippen molar-refractivity contribution in [1.29, 1.82) is 0 Å². The Morgan fingerprint density at radius 1 is 1.35 bits per heavy atom. The minimum atomic E-state index is -0.703. The zero-order valence-corrected chi connectivity index (χ0v) is 9.55. The number of para-hydroxylation sites is 1. The summed E-state index contributed by atoms with van der Waals surface area (Å²) >= 11 is 0. The largest absolute Gasteiger partial charge is 0.496 e. The van der Waals surface area contributed by atoms with Crippen LogP contribution in [-0.4, -0.2) is 17.3 Å². The summed E-state index contributed by atoms with van der Waals surface area (Å²) in [6.45, 7) is 2.22. The van der Waals surface area contributed by atoms with E-state index in [1.54, 1.807) is 12.5 Å². The molecule has 1 aliphatic heterocycles. The molecule has 1 aromatic carbocycles. The highest BCUT2D eigenvalue weighted by Crippen LogP contribution is 2.07. The number of nitrogens with zero attached hydrogens (tertiary/aromatic N) is 2. The van der Waals surface area contributed by atoms with Gasteiger partial charge in [0.2, 0.25) is 0 Å². The number of nitrogens with two attached hydrogens (primary N) is 1. The van der Waals surface area contributed by atoms with Gasteiger partial charge in [-0.25, -0.2) is 0 Å². The van der Waals surface area contributed by atoms with E-state index in [0.717, 1.165) is 21.5 Å². The van der Waals surface area contributed by atoms with Gasteiger partial charge in [0, 0.05) is 11.6 Å². The third-order valence-corrected chi connectivity index (χ3v) is 2.73. The normalized spacial score (nSPS) is 22.9. The standard InChI is InChI=1S/C13H13N3O/c1-13(14)8-17-7-9-6-15-11-5-3-2-4-10(11)12(9)16-13/h2-7H,8,14H2,1H3. The van der Waals surface area contributed by atoms with Gasteiger partial charge in [-0.1, -0.05) is 18.2 Å². The molecule has 0 fully saturated rings. The molecule has 0 spiro atoms. The molecule has 1 unspecified atom stereocenters. The van der Waals surface area contributed by atoms with Crippen LogP contribution in [0.15, 0.2) is 35.5 Å². The van der Waals surface area contributed by atoms with Crippen LogP contribution < -0.4 is 16.3 Å². The van der Waals surface area contributed by atoms with Crippen LogP contribution in [0.1, 0.15) is 6.92 Å². The van der Waals surface area contributed by atoms with E-state index in [1.807, 2.05) is 31.2 Å². The quantitative estimate of drug-likeness (QED) is 0.704. The van der Waals surface area contributed by atoms with Gasteiger partial charge in [-0.15, -0.1) is 0 Å². The Bertz CT molecular complexity index is 691. The second kappa shape index (κ2) is 3.53. The van der Waals surface area contributed by atoms with E-state index in [9.17, 15) is 0 Å². The summed E-state index contributed by atoms with van der Waals surface area (Å²) in [4.78, 5) is 8.95. The molecule has 0 saturated heterocycles. The average Bonchev–Trinajstić information content (AvgIpc) is 2.46. The van der Waals surface area contributed by atoms with Crippen LogP contribution in [0, 0.1) is 0 Å². The van der Waals surface area contributed by atoms with E-state index < -0.39 is 5.66 Å². The molecule has 17 heavy (non-hydrogen) atoms. The van der Waals surface area contributed by atoms with Gasteiger partial charge in [-0.3, -0.25) is 9.98 Å². The predicted octanol–water partition coefficient (Wildman–Crippen LogP) is 0.297. The van der Waals surface area contributed by atoms with Gasteiger partial charge >= 0.3 is 0 Å². The van der Waals surface area contributed by atoms with E-state index in [2.05, 4.69) is 9.98 Å². The molecule has 0 amide bonds. The van der Waals surface area contributed by atoms with Crippen LogP contribution in [0.3, 0.4) is 0 Å². The Kier molecular flexibility index (Phi) is 2.12. The third-order valence-electron chi connectivity index (χ3n) is 2.73. The summed E-state index contributed by atoms with van der Waals surface area (Å²) < 4.78 is 5.40. The van der Waals surface area contributed by atoms with Gasteiger partial charge in [0.25, 0.3) is 0 Å². The van der Waals surface area contributed by atoms with Crippen LogP contribution >= 0.6 is 0 Å². The molecule has 0 bridgehead atoms. The SMILES string of the molecule is CC1(N)COC=c2cnc3ccccc3c2=N1. The summed E-state index contributed by atoms with van der Waals surface area (Å²) in [5.74, 6) is 0. The Morgan fingerprint density at radius 3 is 3.06 bits per heavy atom. The summed E-state index contributed by atoms with van der Waals surface area (Å²) in [6.07, 6.45) is 3.44. The van der Waals surface area contributed by atoms with E-state index in [-0.39, 0.29) is 0 Å². The van der Waals surface area contributed by atoms with Gasteiger partial charge in [-0.2, -0.15) is 0 Å². The average molecular weight is 227 g/mol. The van der Waals surface area contributed by atoms with Gasteiger partial charge in [-0.05, 0) is 13.0 Å². The number of pyridine rings is 1. The van der Waals surface area contributed by atoms with E-state index >= 15 is 0 Å². The molecule has 2 aromatic rings. The lowest BCUT2D eigenvalue weighted by Crippen LogP contribution is -2.41. The van der Waals surface area contributed by atoms with Crippen molar-refractivity contribution in [3.05, 3.63) is 41.0 Å². The summed E-state index contributed by atoms with van der Waals surface area (Å²) in [6, 6.07) is 7.89. The molecule has 3 rings (SSSR count). The maximum absolute atomic E-state index is 6.05. The maximum atomic E-state index is 6.05. The summed E-state index contributed by atoms with van der Waals surface area (Å²) in [7, 11) is 0. The first-order valence-corrected chi connectivity index (χ1v) is 5.50. The van der Waals surface area contributed by atoms with Crippen LogP contribution in [0.5, 0.6) is 0 Å². The predicted molar refractivity (Wildman–Crippen MR) is 65.5 cm³/mol. The second-order valence-electron chi connectivity index (χ2n) is 4.48. The van der Waals surface area contributed by atoms with Crippen molar-refractivity contribution in [2.45, 2.75) is 12.6 Å². The van der Waals surface area contributed by atoms with Gasteiger partial charge < -0.3 is 10.5 Å². The minimum absolute atomic E-state index is 0.371. The number of benzene rings is 1. The number of hydrogen-bond donors (Lipinski definition) is 1. The highest BCUT2D eigenvalue weighted by molar-refractivity contribution is 5.77. The summed E-state index contributed by atoms with van der Waals surface area (Å²) in [5, 5.41) is 2.74. The lowest BCUT2D eigenvalue weighted by atomic mass is 10.2. The van der Waals surface area contributed by atoms with Crippen LogP contribution in [0.2, 0.25) is 0 Å². The molecule has 1 aromatic heterocycles. The lowest BCUT2D eigenvalue weighted by molar-refractivity contribution is 0.218. The Balaban J connectivity index is 2.50. The number of ether oxygens (including phenoxy) is 1. The van der Waals surface area contributed by atoms with Crippen molar-refractivity contribution in [3.8, 4) is 0 Å². The molecule has 0 radical (unpaired) electrons. The van der Waals surface area contributed by atoms with Crippen LogP contribution in [-0.2, 0) is 4.74 Å². The fourth-order valence-corrected chi connectivity index (χ4v) is 1.94. The molecule has 86 valence electrons. The monoisotopic (exact) mass is 227 g/mol. The summed E-state index contributed by atoms with van der Waals surface area (Å²) in [5.41, 5.74) is 6.27. The zero-order chi connectivity index (χ0) is 11.9. The highest BCUT2D eigenvalue weighted by Gasteiger charge is 2.19. The highest BCUT2D eigenvalue weighted by atomic mass is 16.5. The van der Waals surface area contributed by atoms with E-state index in [4.69, 9.17) is 10.5 Å². The molecule has 1 atom stereocenters. The van der Waals surface area contributed by atoms with Crippen LogP contribution in [0.25, 0.3) is 17.2 Å². The zero-order valence-electron chi connectivity index (χ0n) is 9.55. The van der Waals surface area contributed by atoms with Crippen molar-refractivity contribution in [2.75, 3.05) is 6.61 Å². The Hall–Kier alpha value is -1.94. The van der Waals surface area contributed by atoms with E-state index in [0.29, 0.717) is 6.61 Å². The number of aromatic nitrogens is 1. The van der Waals surface area contributed by atoms with E-state index in [1.165, 1.54) is 0 Å². The van der Waals surface area contributed by atoms with Crippen molar-refractivity contribution in [3.63, 3.8) is 0 Å². The molecule has 4 heteroatoms. The fraction of sp³-hybridized carbons (Fsp3) is 0.231. The third kappa shape index (κ3) is 1.76. The van der Waals surface area contributed by atoms with Gasteiger partial charge in [0.1, 0.15) is 12.3 Å². The number of fused-ring (bicyclic) bond motifs is 3. The van der Waals surface area contributed by atoms with Crippen molar-refractivity contribution < 1.29 is 4.74 Å². The Labute approximate surface area is 98.4 Å². The molecular weight excluding hydrogens is 214 g/mol. The molecule has 4 nitrogen and oxygen atoms in total. The first-order chi connectivity index (χ1) is 8.16. The minimum Gasteiger partial charge on any atom is -0.496 e. The topological polar surface area (TPSA) is 60.5 Å².